The normalized spacial score (nSPS) is 11.6. The van der Waals surface area contributed by atoms with Crippen molar-refractivity contribution in [2.45, 2.75) is 26.9 Å². The fourth-order valence-electron chi connectivity index (χ4n) is 2.35. The van der Waals surface area contributed by atoms with E-state index in [1.54, 1.807) is 0 Å². The molecule has 0 atom stereocenters. The molecule has 22 heavy (non-hydrogen) atoms. The van der Waals surface area contributed by atoms with Gasteiger partial charge in [0.05, 0.1) is 12.2 Å². The molecule has 0 radical (unpaired) electrons. The molecule has 1 aromatic carbocycles. The summed E-state index contributed by atoms with van der Waals surface area (Å²) in [6.07, 6.45) is 0. The first-order valence-electron chi connectivity index (χ1n) is 7.47. The Morgan fingerprint density at radius 2 is 1.91 bits per heavy atom. The highest BCUT2D eigenvalue weighted by Gasteiger charge is 2.10. The Balaban J connectivity index is 2.06. The SMILES string of the molecule is Cc1nn(C)c(C)c1CNC(=NCc1ccccc1)N(C)C. The van der Waals surface area contributed by atoms with Gasteiger partial charge in [0.15, 0.2) is 5.96 Å². The minimum Gasteiger partial charge on any atom is -0.352 e. The van der Waals surface area contributed by atoms with Crippen LogP contribution in [0.2, 0.25) is 0 Å². The number of aryl methyl sites for hydroxylation is 2. The van der Waals surface area contributed by atoms with Crippen molar-refractivity contribution >= 4 is 5.96 Å². The maximum absolute atomic E-state index is 4.68. The summed E-state index contributed by atoms with van der Waals surface area (Å²) in [6, 6.07) is 10.3. The highest BCUT2D eigenvalue weighted by molar-refractivity contribution is 5.79. The molecule has 118 valence electrons. The Morgan fingerprint density at radius 3 is 2.45 bits per heavy atom. The quantitative estimate of drug-likeness (QED) is 0.696. The summed E-state index contributed by atoms with van der Waals surface area (Å²) in [7, 11) is 5.97. The molecule has 0 aliphatic rings. The molecule has 5 heteroatoms. The third-order valence-corrected chi connectivity index (χ3v) is 3.76. The van der Waals surface area contributed by atoms with Gasteiger partial charge < -0.3 is 10.2 Å². The number of nitrogens with one attached hydrogen (secondary N) is 1. The van der Waals surface area contributed by atoms with Gasteiger partial charge in [0.2, 0.25) is 0 Å². The van der Waals surface area contributed by atoms with E-state index in [4.69, 9.17) is 0 Å². The summed E-state index contributed by atoms with van der Waals surface area (Å²) in [5.74, 6) is 0.881. The van der Waals surface area contributed by atoms with Crippen molar-refractivity contribution in [1.29, 1.82) is 0 Å². The number of benzene rings is 1. The van der Waals surface area contributed by atoms with Gasteiger partial charge in [-0.05, 0) is 19.4 Å². The lowest BCUT2D eigenvalue weighted by Gasteiger charge is -2.18. The van der Waals surface area contributed by atoms with Gasteiger partial charge >= 0.3 is 0 Å². The van der Waals surface area contributed by atoms with E-state index in [0.29, 0.717) is 6.54 Å². The summed E-state index contributed by atoms with van der Waals surface area (Å²) in [5.41, 5.74) is 4.69. The van der Waals surface area contributed by atoms with Crippen LogP contribution in [0.4, 0.5) is 0 Å². The number of nitrogens with zero attached hydrogens (tertiary/aromatic N) is 4. The number of guanidine groups is 1. The summed E-state index contributed by atoms with van der Waals surface area (Å²) in [4.78, 5) is 6.68. The lowest BCUT2D eigenvalue weighted by atomic mass is 10.2. The maximum Gasteiger partial charge on any atom is 0.194 e. The van der Waals surface area contributed by atoms with Gasteiger partial charge in [-0.1, -0.05) is 30.3 Å². The zero-order valence-corrected chi connectivity index (χ0v) is 14.1. The van der Waals surface area contributed by atoms with E-state index < -0.39 is 0 Å². The van der Waals surface area contributed by atoms with E-state index in [0.717, 1.165) is 18.2 Å². The second-order valence-corrected chi connectivity index (χ2v) is 5.65. The van der Waals surface area contributed by atoms with E-state index in [2.05, 4.69) is 34.5 Å². The van der Waals surface area contributed by atoms with E-state index in [9.17, 15) is 0 Å². The predicted molar refractivity (Wildman–Crippen MR) is 90.8 cm³/mol. The molecule has 0 amide bonds. The molecule has 2 rings (SSSR count). The number of aliphatic imine (C=N–C) groups is 1. The van der Waals surface area contributed by atoms with Gasteiger partial charge in [-0.25, -0.2) is 4.99 Å². The standard InChI is InChI=1S/C17H25N5/c1-13-16(14(2)22(5)20-13)12-19-17(21(3)4)18-11-15-9-7-6-8-10-15/h6-10H,11-12H2,1-5H3,(H,18,19). The molecule has 0 spiro atoms. The van der Waals surface area contributed by atoms with Crippen molar-refractivity contribution < 1.29 is 0 Å². The van der Waals surface area contributed by atoms with Crippen LogP contribution < -0.4 is 5.32 Å². The molecule has 2 aromatic rings. The molecule has 1 heterocycles. The average Bonchev–Trinajstić information content (AvgIpc) is 2.73. The summed E-state index contributed by atoms with van der Waals surface area (Å²) in [5, 5.41) is 7.87. The third-order valence-electron chi connectivity index (χ3n) is 3.76. The Bertz CT molecular complexity index is 641. The van der Waals surface area contributed by atoms with E-state index in [1.165, 1.54) is 16.8 Å². The lowest BCUT2D eigenvalue weighted by Crippen LogP contribution is -2.36. The molecular weight excluding hydrogens is 274 g/mol. The predicted octanol–water partition coefficient (Wildman–Crippen LogP) is 2.24. The first kappa shape index (κ1) is 16.1. The van der Waals surface area contributed by atoms with Crippen LogP contribution in [-0.4, -0.2) is 34.7 Å². The fraction of sp³-hybridized carbons (Fsp3) is 0.412. The molecule has 5 nitrogen and oxygen atoms in total. The van der Waals surface area contributed by atoms with E-state index in [1.807, 2.05) is 55.8 Å². The summed E-state index contributed by atoms with van der Waals surface area (Å²) < 4.78 is 1.92. The first-order chi connectivity index (χ1) is 10.5. The molecule has 0 aliphatic heterocycles. The van der Waals surface area contributed by atoms with Crippen LogP contribution in [0.5, 0.6) is 0 Å². The number of aromatic nitrogens is 2. The Labute approximate surface area is 132 Å². The zero-order chi connectivity index (χ0) is 16.1. The third kappa shape index (κ3) is 3.87. The van der Waals surface area contributed by atoms with Gasteiger partial charge in [-0.2, -0.15) is 5.10 Å². The van der Waals surface area contributed by atoms with Crippen LogP contribution in [0.3, 0.4) is 0 Å². The van der Waals surface area contributed by atoms with Crippen molar-refractivity contribution in [3.8, 4) is 0 Å². The van der Waals surface area contributed by atoms with Crippen LogP contribution in [-0.2, 0) is 20.1 Å². The molecule has 1 N–H and O–H groups in total. The average molecular weight is 299 g/mol. The van der Waals surface area contributed by atoms with Crippen LogP contribution in [0, 0.1) is 13.8 Å². The van der Waals surface area contributed by atoms with Crippen LogP contribution in [0.1, 0.15) is 22.5 Å². The molecule has 0 fully saturated rings. The van der Waals surface area contributed by atoms with E-state index >= 15 is 0 Å². The molecule has 0 bridgehead atoms. The van der Waals surface area contributed by atoms with Crippen molar-refractivity contribution in [3.63, 3.8) is 0 Å². The fourth-order valence-corrected chi connectivity index (χ4v) is 2.35. The summed E-state index contributed by atoms with van der Waals surface area (Å²) in [6.45, 7) is 5.54. The van der Waals surface area contributed by atoms with Crippen molar-refractivity contribution in [3.05, 3.63) is 52.8 Å². The maximum atomic E-state index is 4.68. The van der Waals surface area contributed by atoms with Crippen molar-refractivity contribution in [1.82, 2.24) is 20.0 Å². The molecule has 0 unspecified atom stereocenters. The zero-order valence-electron chi connectivity index (χ0n) is 14.1. The Morgan fingerprint density at radius 1 is 1.23 bits per heavy atom. The van der Waals surface area contributed by atoms with Gasteiger partial charge in [0.25, 0.3) is 0 Å². The van der Waals surface area contributed by atoms with Crippen molar-refractivity contribution in [2.24, 2.45) is 12.0 Å². The Hall–Kier alpha value is -2.30. The molecular formula is C17H25N5. The van der Waals surface area contributed by atoms with Gasteiger partial charge in [-0.3, -0.25) is 4.68 Å². The highest BCUT2D eigenvalue weighted by Crippen LogP contribution is 2.11. The largest absolute Gasteiger partial charge is 0.352 e. The van der Waals surface area contributed by atoms with Gasteiger partial charge in [0.1, 0.15) is 0 Å². The van der Waals surface area contributed by atoms with Crippen LogP contribution in [0.25, 0.3) is 0 Å². The van der Waals surface area contributed by atoms with Crippen molar-refractivity contribution in [2.75, 3.05) is 14.1 Å². The minimum atomic E-state index is 0.673. The second-order valence-electron chi connectivity index (χ2n) is 5.65. The summed E-state index contributed by atoms with van der Waals surface area (Å²) >= 11 is 0. The smallest absolute Gasteiger partial charge is 0.194 e. The first-order valence-corrected chi connectivity index (χ1v) is 7.47. The van der Waals surface area contributed by atoms with Gasteiger partial charge in [0, 0.05) is 38.9 Å². The number of hydrogen-bond donors (Lipinski definition) is 1. The van der Waals surface area contributed by atoms with Gasteiger partial charge in [-0.15, -0.1) is 0 Å². The molecule has 0 saturated heterocycles. The molecule has 1 aromatic heterocycles. The Kier molecular flexibility index (Phi) is 5.20. The minimum absolute atomic E-state index is 0.673. The monoisotopic (exact) mass is 299 g/mol. The van der Waals surface area contributed by atoms with Crippen LogP contribution in [0.15, 0.2) is 35.3 Å². The topological polar surface area (TPSA) is 45.5 Å². The van der Waals surface area contributed by atoms with Crippen LogP contribution >= 0.6 is 0 Å². The highest BCUT2D eigenvalue weighted by atomic mass is 15.3. The molecule has 0 saturated carbocycles. The number of hydrogen-bond acceptors (Lipinski definition) is 2. The second kappa shape index (κ2) is 7.11. The lowest BCUT2D eigenvalue weighted by molar-refractivity contribution is 0.578. The number of rotatable bonds is 4. The van der Waals surface area contributed by atoms with E-state index in [-0.39, 0.29) is 0 Å². The molecule has 0 aliphatic carbocycles.